The Balaban J connectivity index is 1.73. The molecule has 0 heterocycles. The van der Waals surface area contributed by atoms with Gasteiger partial charge in [0.1, 0.15) is 12.6 Å². The highest BCUT2D eigenvalue weighted by molar-refractivity contribution is 7.92. The molecule has 0 aliphatic heterocycles. The lowest BCUT2D eigenvalue weighted by Crippen LogP contribution is -2.52. The predicted molar refractivity (Wildman–Crippen MR) is 164 cm³/mol. The van der Waals surface area contributed by atoms with E-state index in [4.69, 9.17) is 34.8 Å². The first-order valence-electron chi connectivity index (χ1n) is 13.4. The Morgan fingerprint density at radius 3 is 2.29 bits per heavy atom. The number of rotatable bonds is 10. The van der Waals surface area contributed by atoms with E-state index in [1.165, 1.54) is 17.0 Å². The lowest BCUT2D eigenvalue weighted by atomic mass is 10.1. The quantitative estimate of drug-likeness (QED) is 0.271. The van der Waals surface area contributed by atoms with Crippen LogP contribution in [0.2, 0.25) is 15.1 Å². The Bertz CT molecular complexity index is 1510. The summed E-state index contributed by atoms with van der Waals surface area (Å²) in [5.74, 6) is -0.893. The number of nitrogens with zero attached hydrogens (tertiary/aromatic N) is 2. The third-order valence-electron chi connectivity index (χ3n) is 7.34. The van der Waals surface area contributed by atoms with Gasteiger partial charge in [-0.25, -0.2) is 8.42 Å². The minimum atomic E-state index is -4.19. The summed E-state index contributed by atoms with van der Waals surface area (Å²) in [6.45, 7) is 2.73. The molecule has 1 fully saturated rings. The number of benzene rings is 3. The van der Waals surface area contributed by atoms with Gasteiger partial charge in [-0.1, -0.05) is 78.0 Å². The van der Waals surface area contributed by atoms with Crippen molar-refractivity contribution in [3.05, 3.63) is 92.9 Å². The minimum absolute atomic E-state index is 0.0199. The lowest BCUT2D eigenvalue weighted by Gasteiger charge is -2.33. The van der Waals surface area contributed by atoms with Crippen molar-refractivity contribution in [3.63, 3.8) is 0 Å². The zero-order valence-corrected chi connectivity index (χ0v) is 25.9. The summed E-state index contributed by atoms with van der Waals surface area (Å²) in [4.78, 5) is 28.8. The number of anilines is 1. The number of sulfonamides is 1. The van der Waals surface area contributed by atoms with Crippen molar-refractivity contribution in [2.24, 2.45) is 0 Å². The molecular formula is C30H32Cl3N3O4S. The zero-order valence-electron chi connectivity index (χ0n) is 22.8. The topological polar surface area (TPSA) is 86.8 Å². The number of nitrogens with one attached hydrogen (secondary N) is 1. The van der Waals surface area contributed by atoms with Crippen LogP contribution in [0.1, 0.15) is 43.7 Å². The Labute approximate surface area is 256 Å². The third kappa shape index (κ3) is 7.36. The molecule has 11 heteroatoms. The summed E-state index contributed by atoms with van der Waals surface area (Å²) in [7, 11) is -4.19. The molecule has 1 aliphatic carbocycles. The number of hydrogen-bond donors (Lipinski definition) is 1. The summed E-state index contributed by atoms with van der Waals surface area (Å²) in [5.41, 5.74) is 1.34. The van der Waals surface area contributed by atoms with Gasteiger partial charge >= 0.3 is 0 Å². The van der Waals surface area contributed by atoms with Crippen molar-refractivity contribution >= 4 is 62.3 Å². The summed E-state index contributed by atoms with van der Waals surface area (Å²) >= 11 is 18.9. The Morgan fingerprint density at radius 1 is 0.951 bits per heavy atom. The fraction of sp³-hybridized carbons (Fsp3) is 0.333. The highest BCUT2D eigenvalue weighted by Crippen LogP contribution is 2.31. The Hall–Kier alpha value is -2.78. The highest BCUT2D eigenvalue weighted by atomic mass is 35.5. The van der Waals surface area contributed by atoms with Gasteiger partial charge in [-0.15, -0.1) is 0 Å². The second kappa shape index (κ2) is 13.5. The molecule has 2 amide bonds. The van der Waals surface area contributed by atoms with E-state index in [-0.39, 0.29) is 29.1 Å². The molecule has 41 heavy (non-hydrogen) atoms. The summed E-state index contributed by atoms with van der Waals surface area (Å²) in [6, 6.07) is 16.8. The fourth-order valence-electron chi connectivity index (χ4n) is 4.91. The predicted octanol–water partition coefficient (Wildman–Crippen LogP) is 6.63. The van der Waals surface area contributed by atoms with Crippen molar-refractivity contribution < 1.29 is 18.0 Å². The molecule has 7 nitrogen and oxygen atoms in total. The maximum Gasteiger partial charge on any atom is 0.264 e. The molecule has 1 saturated carbocycles. The van der Waals surface area contributed by atoms with Gasteiger partial charge in [0.15, 0.2) is 0 Å². The molecule has 1 N–H and O–H groups in total. The molecule has 0 aromatic heterocycles. The SMILES string of the molecule is Cc1c(Cl)cccc1N(CC(=O)N(Cc1ccc(Cl)cc1Cl)[C@H](C)C(=O)NC1CCCC1)S(=O)(=O)c1ccccc1. The number of halogens is 3. The lowest BCUT2D eigenvalue weighted by molar-refractivity contribution is -0.139. The van der Waals surface area contributed by atoms with Gasteiger partial charge in [0.05, 0.1) is 10.6 Å². The third-order valence-corrected chi connectivity index (χ3v) is 10.1. The monoisotopic (exact) mass is 635 g/mol. The molecular weight excluding hydrogens is 605 g/mol. The van der Waals surface area contributed by atoms with Crippen molar-refractivity contribution in [1.82, 2.24) is 10.2 Å². The van der Waals surface area contributed by atoms with Gasteiger partial charge in [-0.3, -0.25) is 13.9 Å². The molecule has 0 bridgehead atoms. The van der Waals surface area contributed by atoms with E-state index in [9.17, 15) is 18.0 Å². The molecule has 3 aromatic carbocycles. The van der Waals surface area contributed by atoms with Crippen molar-refractivity contribution in [2.45, 2.75) is 63.1 Å². The van der Waals surface area contributed by atoms with Crippen LogP contribution in [0, 0.1) is 6.92 Å². The largest absolute Gasteiger partial charge is 0.352 e. The molecule has 218 valence electrons. The second-order valence-corrected chi connectivity index (χ2v) is 13.2. The minimum Gasteiger partial charge on any atom is -0.352 e. The van der Waals surface area contributed by atoms with E-state index in [0.717, 1.165) is 30.0 Å². The number of amides is 2. The first kappa shape index (κ1) is 31.2. The fourth-order valence-corrected chi connectivity index (χ4v) is 7.04. The van der Waals surface area contributed by atoms with Crippen LogP contribution in [-0.2, 0) is 26.2 Å². The van der Waals surface area contributed by atoms with Crippen LogP contribution in [0.4, 0.5) is 5.69 Å². The van der Waals surface area contributed by atoms with Crippen LogP contribution in [-0.4, -0.2) is 43.8 Å². The van der Waals surface area contributed by atoms with Crippen LogP contribution in [0.3, 0.4) is 0 Å². The van der Waals surface area contributed by atoms with Gasteiger partial charge < -0.3 is 10.2 Å². The van der Waals surface area contributed by atoms with E-state index in [0.29, 0.717) is 26.2 Å². The maximum atomic E-state index is 14.1. The summed E-state index contributed by atoms with van der Waals surface area (Å²) < 4.78 is 28.9. The van der Waals surface area contributed by atoms with Crippen LogP contribution in [0.15, 0.2) is 71.6 Å². The van der Waals surface area contributed by atoms with Crippen LogP contribution >= 0.6 is 34.8 Å². The Morgan fingerprint density at radius 2 is 1.63 bits per heavy atom. The van der Waals surface area contributed by atoms with Crippen LogP contribution in [0.5, 0.6) is 0 Å². The van der Waals surface area contributed by atoms with Crippen LogP contribution < -0.4 is 9.62 Å². The van der Waals surface area contributed by atoms with Gasteiger partial charge in [-0.05, 0) is 74.2 Å². The molecule has 4 rings (SSSR count). The van der Waals surface area contributed by atoms with Gasteiger partial charge in [0.25, 0.3) is 10.0 Å². The maximum absolute atomic E-state index is 14.1. The second-order valence-electron chi connectivity index (χ2n) is 10.1. The highest BCUT2D eigenvalue weighted by Gasteiger charge is 2.34. The first-order chi connectivity index (χ1) is 19.5. The van der Waals surface area contributed by atoms with E-state index < -0.39 is 28.5 Å². The molecule has 1 aliphatic rings. The molecule has 0 saturated heterocycles. The van der Waals surface area contributed by atoms with E-state index in [2.05, 4.69) is 5.32 Å². The van der Waals surface area contributed by atoms with E-state index >= 15 is 0 Å². The van der Waals surface area contributed by atoms with Gasteiger partial charge in [-0.2, -0.15) is 0 Å². The summed E-state index contributed by atoms with van der Waals surface area (Å²) in [5, 5.41) is 4.17. The Kier molecular flexibility index (Phi) is 10.2. The zero-order chi connectivity index (χ0) is 29.7. The molecule has 0 unspecified atom stereocenters. The van der Waals surface area contributed by atoms with E-state index in [1.54, 1.807) is 68.4 Å². The first-order valence-corrected chi connectivity index (χ1v) is 15.9. The summed E-state index contributed by atoms with van der Waals surface area (Å²) in [6.07, 6.45) is 3.83. The number of carbonyl (C=O) groups excluding carboxylic acids is 2. The average Bonchev–Trinajstić information content (AvgIpc) is 3.46. The molecule has 3 aromatic rings. The van der Waals surface area contributed by atoms with Crippen molar-refractivity contribution in [3.8, 4) is 0 Å². The van der Waals surface area contributed by atoms with Crippen LogP contribution in [0.25, 0.3) is 0 Å². The van der Waals surface area contributed by atoms with Gasteiger partial charge in [0.2, 0.25) is 11.8 Å². The molecule has 1 atom stereocenters. The number of hydrogen-bond acceptors (Lipinski definition) is 4. The molecule has 0 spiro atoms. The number of carbonyl (C=O) groups is 2. The average molecular weight is 637 g/mol. The van der Waals surface area contributed by atoms with Crippen molar-refractivity contribution in [1.29, 1.82) is 0 Å². The smallest absolute Gasteiger partial charge is 0.264 e. The normalized spacial score (nSPS) is 14.5. The van der Waals surface area contributed by atoms with Gasteiger partial charge in [0, 0.05) is 27.7 Å². The van der Waals surface area contributed by atoms with E-state index in [1.807, 2.05) is 0 Å². The standard InChI is InChI=1S/C30H32Cl3N3O4S/c1-20-26(32)13-8-14-28(20)36(41(39,40)25-11-4-3-5-12-25)19-29(37)35(18-22-15-16-23(31)17-27(22)33)21(2)30(38)34-24-9-6-7-10-24/h3-5,8,11-17,21,24H,6-7,9-10,18-19H2,1-2H3,(H,34,38)/t21-/m1/s1. The van der Waals surface area contributed by atoms with Crippen molar-refractivity contribution in [2.75, 3.05) is 10.8 Å². The molecule has 0 radical (unpaired) electrons.